The number of nitrogens with two attached hydrogens (primary N) is 1. The molecule has 1 aromatic rings. The van der Waals surface area contributed by atoms with Crippen molar-refractivity contribution in [3.63, 3.8) is 0 Å². The summed E-state index contributed by atoms with van der Waals surface area (Å²) in [6.07, 6.45) is 0. The molecule has 0 atom stereocenters. The van der Waals surface area contributed by atoms with Gasteiger partial charge in [-0.3, -0.25) is 4.79 Å². The maximum absolute atomic E-state index is 11.9. The van der Waals surface area contributed by atoms with Crippen molar-refractivity contribution in [1.82, 2.24) is 10.0 Å². The van der Waals surface area contributed by atoms with E-state index in [9.17, 15) is 13.2 Å². The van der Waals surface area contributed by atoms with Gasteiger partial charge < -0.3 is 15.5 Å². The molecule has 0 aromatic carbocycles. The summed E-state index contributed by atoms with van der Waals surface area (Å²) in [5.41, 5.74) is 5.38. The zero-order chi connectivity index (χ0) is 14.8. The van der Waals surface area contributed by atoms with Crippen LogP contribution in [0.3, 0.4) is 0 Å². The van der Waals surface area contributed by atoms with Crippen LogP contribution in [0.5, 0.6) is 0 Å². The highest BCUT2D eigenvalue weighted by Crippen LogP contribution is 2.18. The average molecular weight is 289 g/mol. The summed E-state index contributed by atoms with van der Waals surface area (Å²) in [5, 5.41) is 2.34. The number of hydrogen-bond donors (Lipinski definition) is 3. The van der Waals surface area contributed by atoms with E-state index in [0.29, 0.717) is 0 Å². The summed E-state index contributed by atoms with van der Waals surface area (Å²) >= 11 is 0. The SMILES string of the molecule is CNS(=O)(=O)c1cc(C(=O)NCC(C)(C)N)c(C)o1. The summed E-state index contributed by atoms with van der Waals surface area (Å²) in [6.45, 7) is 5.33. The molecule has 0 aliphatic carbocycles. The third-order valence-electron chi connectivity index (χ3n) is 2.38. The van der Waals surface area contributed by atoms with Gasteiger partial charge in [0.25, 0.3) is 15.9 Å². The molecule has 1 aromatic heterocycles. The van der Waals surface area contributed by atoms with Crippen molar-refractivity contribution in [2.75, 3.05) is 13.6 Å². The molecule has 0 bridgehead atoms. The van der Waals surface area contributed by atoms with Gasteiger partial charge in [0.05, 0.1) is 5.56 Å². The lowest BCUT2D eigenvalue weighted by Gasteiger charge is -2.18. The molecule has 1 rings (SSSR count). The first kappa shape index (κ1) is 15.7. The Bertz CT molecular complexity index is 569. The van der Waals surface area contributed by atoms with Gasteiger partial charge in [0, 0.05) is 18.2 Å². The van der Waals surface area contributed by atoms with Gasteiger partial charge in [0.2, 0.25) is 5.09 Å². The fourth-order valence-electron chi connectivity index (χ4n) is 1.32. The number of nitrogens with one attached hydrogen (secondary N) is 2. The van der Waals surface area contributed by atoms with Gasteiger partial charge in [0.1, 0.15) is 5.76 Å². The lowest BCUT2D eigenvalue weighted by molar-refractivity contribution is 0.0944. The standard InChI is InChI=1S/C11H19N3O4S/c1-7-8(10(15)14-6-11(2,3)12)5-9(18-7)19(16,17)13-4/h5,13H,6,12H2,1-4H3,(H,14,15). The van der Waals surface area contributed by atoms with Crippen molar-refractivity contribution in [2.24, 2.45) is 5.73 Å². The monoisotopic (exact) mass is 289 g/mol. The van der Waals surface area contributed by atoms with E-state index < -0.39 is 21.5 Å². The third-order valence-corrected chi connectivity index (χ3v) is 3.65. The first-order chi connectivity index (χ1) is 8.57. The highest BCUT2D eigenvalue weighted by molar-refractivity contribution is 7.89. The van der Waals surface area contributed by atoms with Crippen molar-refractivity contribution in [2.45, 2.75) is 31.4 Å². The largest absolute Gasteiger partial charge is 0.448 e. The zero-order valence-electron chi connectivity index (χ0n) is 11.4. The van der Waals surface area contributed by atoms with Crippen LogP contribution in [0.4, 0.5) is 0 Å². The number of carbonyl (C=O) groups excluding carboxylic acids is 1. The number of carbonyl (C=O) groups is 1. The molecule has 0 spiro atoms. The van der Waals surface area contributed by atoms with Crippen molar-refractivity contribution in [3.05, 3.63) is 17.4 Å². The van der Waals surface area contributed by atoms with Crippen molar-refractivity contribution >= 4 is 15.9 Å². The molecule has 0 aliphatic heterocycles. The van der Waals surface area contributed by atoms with Crippen LogP contribution in [-0.4, -0.2) is 33.5 Å². The first-order valence-electron chi connectivity index (χ1n) is 5.68. The van der Waals surface area contributed by atoms with Gasteiger partial charge in [-0.2, -0.15) is 0 Å². The lowest BCUT2D eigenvalue weighted by Crippen LogP contribution is -2.45. The molecule has 8 heteroatoms. The lowest BCUT2D eigenvalue weighted by atomic mass is 10.1. The second kappa shape index (κ2) is 5.32. The van der Waals surface area contributed by atoms with E-state index in [2.05, 4.69) is 10.0 Å². The number of furan rings is 1. The van der Waals surface area contributed by atoms with Gasteiger partial charge in [-0.25, -0.2) is 13.1 Å². The Hall–Kier alpha value is -1.38. The number of rotatable bonds is 5. The minimum absolute atomic E-state index is 0.179. The van der Waals surface area contributed by atoms with Crippen LogP contribution in [0.15, 0.2) is 15.6 Å². The summed E-state index contributed by atoms with van der Waals surface area (Å²) in [5.74, 6) is -0.182. The molecule has 108 valence electrons. The van der Waals surface area contributed by atoms with E-state index in [1.165, 1.54) is 20.0 Å². The van der Waals surface area contributed by atoms with Gasteiger partial charge in [0.15, 0.2) is 0 Å². The summed E-state index contributed by atoms with van der Waals surface area (Å²) < 4.78 is 30.3. The highest BCUT2D eigenvalue weighted by atomic mass is 32.2. The van der Waals surface area contributed by atoms with Crippen LogP contribution in [0, 0.1) is 6.92 Å². The van der Waals surface area contributed by atoms with Crippen molar-refractivity contribution in [3.8, 4) is 0 Å². The van der Waals surface area contributed by atoms with Crippen LogP contribution in [0.25, 0.3) is 0 Å². The van der Waals surface area contributed by atoms with E-state index >= 15 is 0 Å². The smallest absolute Gasteiger partial charge is 0.273 e. The van der Waals surface area contributed by atoms with E-state index in [-0.39, 0.29) is 23.0 Å². The summed E-state index contributed by atoms with van der Waals surface area (Å²) in [7, 11) is -2.43. The van der Waals surface area contributed by atoms with E-state index in [1.807, 2.05) is 0 Å². The van der Waals surface area contributed by atoms with E-state index in [0.717, 1.165) is 0 Å². The minimum atomic E-state index is -3.70. The van der Waals surface area contributed by atoms with Crippen LogP contribution >= 0.6 is 0 Å². The zero-order valence-corrected chi connectivity index (χ0v) is 12.2. The fraction of sp³-hybridized carbons (Fsp3) is 0.545. The maximum Gasteiger partial charge on any atom is 0.273 e. The van der Waals surface area contributed by atoms with Crippen LogP contribution in [0.2, 0.25) is 0 Å². The molecule has 0 aliphatic rings. The first-order valence-corrected chi connectivity index (χ1v) is 7.16. The Labute approximate surface area is 112 Å². The molecule has 0 saturated carbocycles. The number of sulfonamides is 1. The number of aryl methyl sites for hydroxylation is 1. The molecule has 4 N–H and O–H groups in total. The second-order valence-corrected chi connectivity index (χ2v) is 6.73. The van der Waals surface area contributed by atoms with Crippen molar-refractivity contribution in [1.29, 1.82) is 0 Å². The summed E-state index contributed by atoms with van der Waals surface area (Å²) in [4.78, 5) is 11.9. The fourth-order valence-corrected chi connectivity index (χ4v) is 2.03. The van der Waals surface area contributed by atoms with Crippen LogP contribution in [0.1, 0.15) is 30.0 Å². The molecule has 0 unspecified atom stereocenters. The predicted octanol–water partition coefficient (Wildman–Crippen LogP) is -0.0368. The highest BCUT2D eigenvalue weighted by Gasteiger charge is 2.23. The third kappa shape index (κ3) is 4.05. The Morgan fingerprint density at radius 2 is 2.05 bits per heavy atom. The van der Waals surface area contributed by atoms with Gasteiger partial charge in [-0.15, -0.1) is 0 Å². The summed E-state index contributed by atoms with van der Waals surface area (Å²) in [6, 6.07) is 1.19. The Kier molecular flexibility index (Phi) is 4.39. The molecule has 1 heterocycles. The maximum atomic E-state index is 11.9. The normalized spacial score (nSPS) is 12.5. The van der Waals surface area contributed by atoms with Gasteiger partial charge >= 0.3 is 0 Å². The quantitative estimate of drug-likeness (QED) is 0.704. The minimum Gasteiger partial charge on any atom is -0.448 e. The molecule has 0 radical (unpaired) electrons. The number of hydrogen-bond acceptors (Lipinski definition) is 5. The molecule has 19 heavy (non-hydrogen) atoms. The molecular weight excluding hydrogens is 270 g/mol. The van der Waals surface area contributed by atoms with Crippen molar-refractivity contribution < 1.29 is 17.6 Å². The average Bonchev–Trinajstić information content (AvgIpc) is 2.68. The Morgan fingerprint density at radius 1 is 1.47 bits per heavy atom. The van der Waals surface area contributed by atoms with E-state index in [4.69, 9.17) is 10.2 Å². The van der Waals surface area contributed by atoms with Gasteiger partial charge in [-0.05, 0) is 27.8 Å². The second-order valence-electron chi connectivity index (χ2n) is 4.91. The predicted molar refractivity (Wildman–Crippen MR) is 70.3 cm³/mol. The molecular formula is C11H19N3O4S. The van der Waals surface area contributed by atoms with E-state index in [1.54, 1.807) is 13.8 Å². The Balaban J connectivity index is 2.94. The van der Waals surface area contributed by atoms with Gasteiger partial charge in [-0.1, -0.05) is 0 Å². The van der Waals surface area contributed by atoms with Crippen LogP contribution in [-0.2, 0) is 10.0 Å². The molecule has 1 amide bonds. The van der Waals surface area contributed by atoms with Crippen LogP contribution < -0.4 is 15.8 Å². The molecule has 0 fully saturated rings. The number of amides is 1. The molecule has 7 nitrogen and oxygen atoms in total. The molecule has 0 saturated heterocycles. The topological polar surface area (TPSA) is 114 Å². The Morgan fingerprint density at radius 3 is 2.53 bits per heavy atom.